The van der Waals surface area contributed by atoms with Crippen LogP contribution in [-0.2, 0) is 0 Å². The first-order valence-corrected chi connectivity index (χ1v) is 6.76. The number of hydrogen-bond acceptors (Lipinski definition) is 2. The summed E-state index contributed by atoms with van der Waals surface area (Å²) in [5, 5.41) is 5.26. The van der Waals surface area contributed by atoms with Gasteiger partial charge in [0, 0.05) is 18.3 Å². The first-order chi connectivity index (χ1) is 10.1. The van der Waals surface area contributed by atoms with Gasteiger partial charge in [-0.2, -0.15) is 0 Å². The van der Waals surface area contributed by atoms with Gasteiger partial charge in [-0.15, -0.1) is 0 Å². The lowest BCUT2D eigenvalue weighted by atomic mass is 10.1. The van der Waals surface area contributed by atoms with Gasteiger partial charge in [-0.3, -0.25) is 0 Å². The van der Waals surface area contributed by atoms with Crippen molar-refractivity contribution in [2.24, 2.45) is 5.73 Å². The predicted octanol–water partition coefficient (Wildman–Crippen LogP) is 3.04. The van der Waals surface area contributed by atoms with Crippen LogP contribution in [0.4, 0.5) is 14.9 Å². The van der Waals surface area contributed by atoms with Gasteiger partial charge in [-0.25, -0.2) is 9.18 Å². The van der Waals surface area contributed by atoms with Crippen LogP contribution in [0.3, 0.4) is 0 Å². The third-order valence-corrected chi connectivity index (χ3v) is 3.05. The van der Waals surface area contributed by atoms with E-state index in [1.165, 1.54) is 18.2 Å². The molecule has 0 aliphatic carbocycles. The molecule has 2 amide bonds. The minimum absolute atomic E-state index is 0.124. The van der Waals surface area contributed by atoms with Crippen molar-refractivity contribution in [3.63, 3.8) is 0 Å². The van der Waals surface area contributed by atoms with E-state index in [9.17, 15) is 9.18 Å². The van der Waals surface area contributed by atoms with Crippen molar-refractivity contribution < 1.29 is 9.18 Å². The van der Waals surface area contributed by atoms with Crippen molar-refractivity contribution in [2.45, 2.75) is 12.5 Å². The van der Waals surface area contributed by atoms with E-state index in [0.29, 0.717) is 18.7 Å². The Kier molecular flexibility index (Phi) is 5.29. The summed E-state index contributed by atoms with van der Waals surface area (Å²) in [5.74, 6) is -0.390. The highest BCUT2D eigenvalue weighted by molar-refractivity contribution is 5.89. The van der Waals surface area contributed by atoms with Gasteiger partial charge in [0.2, 0.25) is 0 Å². The van der Waals surface area contributed by atoms with Crippen molar-refractivity contribution >= 4 is 11.7 Å². The molecular weight excluding hydrogens is 269 g/mol. The number of carbonyl (C=O) groups is 1. The molecule has 0 spiro atoms. The maximum absolute atomic E-state index is 13.0. The van der Waals surface area contributed by atoms with E-state index in [2.05, 4.69) is 10.6 Å². The standard InChI is InChI=1S/C16H18FN3O/c17-13-7-4-8-14(11-13)20-16(21)19-10-9-15(18)12-5-2-1-3-6-12/h1-8,11,15H,9-10,18H2,(H2,19,20,21). The average molecular weight is 287 g/mol. The fourth-order valence-corrected chi connectivity index (χ4v) is 1.95. The molecule has 2 rings (SSSR count). The normalized spacial score (nSPS) is 11.7. The molecule has 110 valence electrons. The van der Waals surface area contributed by atoms with Crippen LogP contribution in [-0.4, -0.2) is 12.6 Å². The van der Waals surface area contributed by atoms with Crippen molar-refractivity contribution in [3.05, 3.63) is 66.0 Å². The van der Waals surface area contributed by atoms with E-state index >= 15 is 0 Å². The Morgan fingerprint density at radius 3 is 2.62 bits per heavy atom. The van der Waals surface area contributed by atoms with Crippen LogP contribution in [0.15, 0.2) is 54.6 Å². The summed E-state index contributed by atoms with van der Waals surface area (Å²) in [4.78, 5) is 11.7. The molecule has 0 aliphatic heterocycles. The summed E-state index contributed by atoms with van der Waals surface area (Å²) in [7, 11) is 0. The lowest BCUT2D eigenvalue weighted by Gasteiger charge is -2.13. The Morgan fingerprint density at radius 2 is 1.90 bits per heavy atom. The number of anilines is 1. The predicted molar refractivity (Wildman–Crippen MR) is 81.4 cm³/mol. The largest absolute Gasteiger partial charge is 0.338 e. The zero-order valence-electron chi connectivity index (χ0n) is 11.6. The number of nitrogens with two attached hydrogens (primary N) is 1. The highest BCUT2D eigenvalue weighted by Crippen LogP contribution is 2.12. The maximum Gasteiger partial charge on any atom is 0.319 e. The zero-order valence-corrected chi connectivity index (χ0v) is 11.6. The second-order valence-electron chi connectivity index (χ2n) is 4.70. The Bertz CT molecular complexity index is 589. The van der Waals surface area contributed by atoms with E-state index in [1.54, 1.807) is 6.07 Å². The molecule has 0 aromatic heterocycles. The Hall–Kier alpha value is -2.40. The molecule has 0 aliphatic rings. The molecule has 1 atom stereocenters. The van der Waals surface area contributed by atoms with E-state index in [1.807, 2.05) is 30.3 Å². The second kappa shape index (κ2) is 7.40. The second-order valence-corrected chi connectivity index (χ2v) is 4.70. The van der Waals surface area contributed by atoms with Crippen LogP contribution in [0, 0.1) is 5.82 Å². The quantitative estimate of drug-likeness (QED) is 0.791. The zero-order chi connectivity index (χ0) is 15.1. The number of benzene rings is 2. The highest BCUT2D eigenvalue weighted by Gasteiger charge is 2.06. The number of rotatable bonds is 5. The van der Waals surface area contributed by atoms with E-state index in [-0.39, 0.29) is 17.9 Å². The van der Waals surface area contributed by atoms with Crippen molar-refractivity contribution in [1.82, 2.24) is 5.32 Å². The van der Waals surface area contributed by atoms with Crippen LogP contribution in [0.25, 0.3) is 0 Å². The van der Waals surface area contributed by atoms with Gasteiger partial charge in [0.15, 0.2) is 0 Å². The molecular formula is C16H18FN3O. The van der Waals surface area contributed by atoms with Gasteiger partial charge in [-0.1, -0.05) is 36.4 Å². The third kappa shape index (κ3) is 4.89. The summed E-state index contributed by atoms with van der Waals surface area (Å²) in [5.41, 5.74) is 7.48. The van der Waals surface area contributed by atoms with Gasteiger partial charge in [-0.05, 0) is 30.2 Å². The van der Waals surface area contributed by atoms with Crippen molar-refractivity contribution in [2.75, 3.05) is 11.9 Å². The van der Waals surface area contributed by atoms with Crippen LogP contribution < -0.4 is 16.4 Å². The summed E-state index contributed by atoms with van der Waals surface area (Å²) >= 11 is 0. The summed E-state index contributed by atoms with van der Waals surface area (Å²) in [6, 6.07) is 14.9. The van der Waals surface area contributed by atoms with E-state index in [4.69, 9.17) is 5.73 Å². The van der Waals surface area contributed by atoms with Crippen molar-refractivity contribution in [3.8, 4) is 0 Å². The molecule has 1 unspecified atom stereocenters. The molecule has 0 saturated heterocycles. The number of halogens is 1. The SMILES string of the molecule is NC(CCNC(=O)Nc1cccc(F)c1)c1ccccc1. The molecule has 4 nitrogen and oxygen atoms in total. The van der Waals surface area contributed by atoms with Crippen LogP contribution >= 0.6 is 0 Å². The maximum atomic E-state index is 13.0. The minimum atomic E-state index is -0.390. The van der Waals surface area contributed by atoms with Crippen LogP contribution in [0.5, 0.6) is 0 Å². The topological polar surface area (TPSA) is 67.1 Å². The van der Waals surface area contributed by atoms with Gasteiger partial charge in [0.25, 0.3) is 0 Å². The lowest BCUT2D eigenvalue weighted by molar-refractivity contribution is 0.251. The third-order valence-electron chi connectivity index (χ3n) is 3.05. The molecule has 2 aromatic rings. The first kappa shape index (κ1) is 15.0. The van der Waals surface area contributed by atoms with Crippen LogP contribution in [0.2, 0.25) is 0 Å². The fraction of sp³-hybridized carbons (Fsp3) is 0.188. The fourth-order valence-electron chi connectivity index (χ4n) is 1.95. The molecule has 0 radical (unpaired) electrons. The average Bonchev–Trinajstić information content (AvgIpc) is 2.48. The summed E-state index contributed by atoms with van der Waals surface area (Å²) in [6.45, 7) is 0.442. The number of hydrogen-bond donors (Lipinski definition) is 3. The molecule has 0 bridgehead atoms. The molecule has 0 fully saturated rings. The minimum Gasteiger partial charge on any atom is -0.338 e. The Labute approximate surface area is 123 Å². The van der Waals surface area contributed by atoms with Gasteiger partial charge in [0.1, 0.15) is 5.82 Å². The molecule has 0 saturated carbocycles. The number of nitrogens with one attached hydrogen (secondary N) is 2. The lowest BCUT2D eigenvalue weighted by Crippen LogP contribution is -2.31. The first-order valence-electron chi connectivity index (χ1n) is 6.76. The monoisotopic (exact) mass is 287 g/mol. The summed E-state index contributed by atoms with van der Waals surface area (Å²) < 4.78 is 13.0. The van der Waals surface area contributed by atoms with Gasteiger partial charge in [0.05, 0.1) is 0 Å². The smallest absolute Gasteiger partial charge is 0.319 e. The molecule has 0 heterocycles. The number of amides is 2. The Morgan fingerprint density at radius 1 is 1.14 bits per heavy atom. The molecule has 5 heteroatoms. The number of carbonyl (C=O) groups excluding carboxylic acids is 1. The summed E-state index contributed by atoms with van der Waals surface area (Å²) in [6.07, 6.45) is 0.626. The van der Waals surface area contributed by atoms with Crippen molar-refractivity contribution in [1.29, 1.82) is 0 Å². The van der Waals surface area contributed by atoms with Gasteiger partial charge < -0.3 is 16.4 Å². The molecule has 21 heavy (non-hydrogen) atoms. The van der Waals surface area contributed by atoms with E-state index < -0.39 is 0 Å². The molecule has 2 aromatic carbocycles. The number of urea groups is 1. The van der Waals surface area contributed by atoms with Gasteiger partial charge >= 0.3 is 6.03 Å². The molecule has 4 N–H and O–H groups in total. The Balaban J connectivity index is 1.74. The highest BCUT2D eigenvalue weighted by atomic mass is 19.1. The van der Waals surface area contributed by atoms with E-state index in [0.717, 1.165) is 5.56 Å². The van der Waals surface area contributed by atoms with Crippen LogP contribution in [0.1, 0.15) is 18.0 Å².